The van der Waals surface area contributed by atoms with Crippen molar-refractivity contribution in [2.24, 2.45) is 0 Å². The Morgan fingerprint density at radius 3 is 2.41 bits per heavy atom. The number of hydrogen-bond donors (Lipinski definition) is 1. The van der Waals surface area contributed by atoms with Gasteiger partial charge in [0.25, 0.3) is 5.91 Å². The summed E-state index contributed by atoms with van der Waals surface area (Å²) in [6.45, 7) is 3.95. The van der Waals surface area contributed by atoms with Crippen molar-refractivity contribution in [3.05, 3.63) is 94.9 Å². The molecular weight excluding hydrogens is 358 g/mol. The molecule has 2 aromatic carbocycles. The third-order valence-electron chi connectivity index (χ3n) is 4.28. The van der Waals surface area contributed by atoms with Gasteiger partial charge in [0, 0.05) is 16.6 Å². The summed E-state index contributed by atoms with van der Waals surface area (Å²) in [5.74, 6) is 1.27. The van der Waals surface area contributed by atoms with E-state index in [-0.39, 0.29) is 23.5 Å². The molecule has 27 heavy (non-hydrogen) atoms. The SMILES string of the molecule is Cc1ccc(C[S@@](=O)Cc2ccc(C(=O)N[C@H](C)c3ccccc3)o2)cc1. The lowest BCUT2D eigenvalue weighted by Crippen LogP contribution is -2.26. The van der Waals surface area contributed by atoms with Crippen LogP contribution in [0, 0.1) is 6.92 Å². The minimum Gasteiger partial charge on any atom is -0.455 e. The van der Waals surface area contributed by atoms with E-state index < -0.39 is 10.8 Å². The molecule has 140 valence electrons. The van der Waals surface area contributed by atoms with Gasteiger partial charge < -0.3 is 9.73 Å². The molecule has 0 aliphatic heterocycles. The van der Waals surface area contributed by atoms with Gasteiger partial charge in [-0.05, 0) is 37.1 Å². The molecule has 1 aromatic heterocycles. The minimum atomic E-state index is -1.09. The van der Waals surface area contributed by atoms with Gasteiger partial charge in [-0.2, -0.15) is 0 Å². The first-order valence-corrected chi connectivity index (χ1v) is 10.3. The van der Waals surface area contributed by atoms with Crippen LogP contribution < -0.4 is 5.32 Å². The maximum Gasteiger partial charge on any atom is 0.287 e. The van der Waals surface area contributed by atoms with E-state index in [1.807, 2.05) is 68.4 Å². The third-order valence-corrected chi connectivity index (χ3v) is 5.55. The van der Waals surface area contributed by atoms with E-state index in [0.717, 1.165) is 11.1 Å². The number of aryl methyl sites for hydroxylation is 1. The summed E-state index contributed by atoms with van der Waals surface area (Å²) in [7, 11) is -1.09. The topological polar surface area (TPSA) is 59.3 Å². The average molecular weight is 381 g/mol. The number of benzene rings is 2. The van der Waals surface area contributed by atoms with E-state index in [2.05, 4.69) is 5.32 Å². The Kier molecular flexibility index (Phi) is 6.24. The van der Waals surface area contributed by atoms with Crippen LogP contribution in [0.5, 0.6) is 0 Å². The van der Waals surface area contributed by atoms with Crippen LogP contribution in [-0.2, 0) is 22.3 Å². The zero-order valence-corrected chi connectivity index (χ0v) is 16.3. The molecule has 0 saturated carbocycles. The maximum absolute atomic E-state index is 12.4. The molecule has 0 radical (unpaired) electrons. The molecule has 0 fully saturated rings. The second-order valence-corrected chi connectivity index (χ2v) is 8.04. The molecule has 0 bridgehead atoms. The molecule has 3 rings (SSSR count). The van der Waals surface area contributed by atoms with Crippen molar-refractivity contribution in [3.8, 4) is 0 Å². The fourth-order valence-corrected chi connectivity index (χ4v) is 3.89. The predicted octanol–water partition coefficient (Wildman–Crippen LogP) is 4.53. The number of amides is 1. The molecule has 0 aliphatic carbocycles. The molecule has 4 nitrogen and oxygen atoms in total. The summed E-state index contributed by atoms with van der Waals surface area (Å²) in [5.41, 5.74) is 3.23. The molecule has 0 spiro atoms. The van der Waals surface area contributed by atoms with Gasteiger partial charge in [0.05, 0.1) is 11.8 Å². The fraction of sp³-hybridized carbons (Fsp3) is 0.227. The standard InChI is InChI=1S/C22H23NO3S/c1-16-8-10-18(11-9-16)14-27(25)15-20-12-13-21(26-20)22(24)23-17(2)19-6-4-3-5-7-19/h3-13,17H,14-15H2,1-2H3,(H,23,24)/t17-,27-/m1/s1. The Bertz CT molecular complexity index is 916. The Morgan fingerprint density at radius 2 is 1.70 bits per heavy atom. The molecule has 2 atom stereocenters. The van der Waals surface area contributed by atoms with E-state index in [1.165, 1.54) is 5.56 Å². The van der Waals surface area contributed by atoms with Crippen LogP contribution in [0.3, 0.4) is 0 Å². The normalized spacial score (nSPS) is 13.1. The second kappa shape index (κ2) is 8.82. The Labute approximate surface area is 162 Å². The summed E-state index contributed by atoms with van der Waals surface area (Å²) >= 11 is 0. The highest BCUT2D eigenvalue weighted by atomic mass is 32.2. The van der Waals surface area contributed by atoms with E-state index >= 15 is 0 Å². The molecule has 1 N–H and O–H groups in total. The van der Waals surface area contributed by atoms with Crippen LogP contribution in [0.25, 0.3) is 0 Å². The maximum atomic E-state index is 12.4. The molecular formula is C22H23NO3S. The first-order valence-electron chi connectivity index (χ1n) is 8.86. The van der Waals surface area contributed by atoms with Gasteiger partial charge >= 0.3 is 0 Å². The molecule has 0 unspecified atom stereocenters. The van der Waals surface area contributed by atoms with E-state index in [9.17, 15) is 9.00 Å². The van der Waals surface area contributed by atoms with Crippen LogP contribution in [-0.4, -0.2) is 10.1 Å². The fourth-order valence-electron chi connectivity index (χ4n) is 2.75. The molecule has 1 heterocycles. The first kappa shape index (κ1) is 19.1. The molecule has 5 heteroatoms. The van der Waals surface area contributed by atoms with Crippen molar-refractivity contribution in [2.75, 3.05) is 0 Å². The quantitative estimate of drug-likeness (QED) is 0.654. The minimum absolute atomic E-state index is 0.122. The Morgan fingerprint density at radius 1 is 1.00 bits per heavy atom. The van der Waals surface area contributed by atoms with Gasteiger partial charge in [0.1, 0.15) is 5.76 Å². The van der Waals surface area contributed by atoms with Crippen molar-refractivity contribution >= 4 is 16.7 Å². The van der Waals surface area contributed by atoms with Gasteiger partial charge in [-0.15, -0.1) is 0 Å². The number of rotatable bonds is 7. The van der Waals surface area contributed by atoms with Crippen LogP contribution in [0.2, 0.25) is 0 Å². The molecule has 3 aromatic rings. The molecule has 0 saturated heterocycles. The third kappa shape index (κ3) is 5.41. The monoisotopic (exact) mass is 381 g/mol. The van der Waals surface area contributed by atoms with E-state index in [0.29, 0.717) is 11.5 Å². The first-order chi connectivity index (χ1) is 13.0. The number of furan rings is 1. The number of nitrogens with one attached hydrogen (secondary N) is 1. The van der Waals surface area contributed by atoms with Crippen molar-refractivity contribution in [1.82, 2.24) is 5.32 Å². The van der Waals surface area contributed by atoms with Gasteiger partial charge in [-0.3, -0.25) is 9.00 Å². The highest BCUT2D eigenvalue weighted by Gasteiger charge is 2.16. The number of carbonyl (C=O) groups excluding carboxylic acids is 1. The average Bonchev–Trinajstić information content (AvgIpc) is 3.13. The summed E-state index contributed by atoms with van der Waals surface area (Å²) in [6.07, 6.45) is 0. The lowest BCUT2D eigenvalue weighted by Gasteiger charge is -2.13. The van der Waals surface area contributed by atoms with E-state index in [4.69, 9.17) is 4.42 Å². The molecule has 0 aliphatic rings. The van der Waals surface area contributed by atoms with Gasteiger partial charge in [0.15, 0.2) is 5.76 Å². The zero-order valence-electron chi connectivity index (χ0n) is 15.5. The summed E-state index contributed by atoms with van der Waals surface area (Å²) in [5, 5.41) is 2.92. The van der Waals surface area contributed by atoms with Gasteiger partial charge in [0.2, 0.25) is 0 Å². The van der Waals surface area contributed by atoms with Gasteiger partial charge in [-0.1, -0.05) is 60.2 Å². The Hall–Kier alpha value is -2.66. The lowest BCUT2D eigenvalue weighted by molar-refractivity contribution is 0.0910. The van der Waals surface area contributed by atoms with Gasteiger partial charge in [-0.25, -0.2) is 0 Å². The van der Waals surface area contributed by atoms with Crippen molar-refractivity contribution in [2.45, 2.75) is 31.4 Å². The summed E-state index contributed by atoms with van der Waals surface area (Å²) < 4.78 is 18.0. The van der Waals surface area contributed by atoms with Crippen LogP contribution >= 0.6 is 0 Å². The predicted molar refractivity (Wildman–Crippen MR) is 108 cm³/mol. The van der Waals surface area contributed by atoms with Crippen molar-refractivity contribution in [1.29, 1.82) is 0 Å². The number of carbonyl (C=O) groups is 1. The lowest BCUT2D eigenvalue weighted by atomic mass is 10.1. The van der Waals surface area contributed by atoms with Crippen LogP contribution in [0.4, 0.5) is 0 Å². The smallest absolute Gasteiger partial charge is 0.287 e. The highest BCUT2D eigenvalue weighted by Crippen LogP contribution is 2.16. The number of hydrogen-bond acceptors (Lipinski definition) is 3. The van der Waals surface area contributed by atoms with Crippen molar-refractivity contribution < 1.29 is 13.4 Å². The zero-order chi connectivity index (χ0) is 19.2. The van der Waals surface area contributed by atoms with Crippen LogP contribution in [0.15, 0.2) is 71.1 Å². The molecule has 1 amide bonds. The summed E-state index contributed by atoms with van der Waals surface area (Å²) in [4.78, 5) is 12.4. The summed E-state index contributed by atoms with van der Waals surface area (Å²) in [6, 6.07) is 21.0. The van der Waals surface area contributed by atoms with Crippen molar-refractivity contribution in [3.63, 3.8) is 0 Å². The largest absolute Gasteiger partial charge is 0.455 e. The Balaban J connectivity index is 1.56. The van der Waals surface area contributed by atoms with Crippen LogP contribution in [0.1, 0.15) is 46.0 Å². The second-order valence-electron chi connectivity index (χ2n) is 6.59. The van der Waals surface area contributed by atoms with E-state index in [1.54, 1.807) is 12.1 Å². The highest BCUT2D eigenvalue weighted by molar-refractivity contribution is 7.83.